The van der Waals surface area contributed by atoms with Gasteiger partial charge < -0.3 is 5.73 Å². The van der Waals surface area contributed by atoms with Gasteiger partial charge in [-0.3, -0.25) is 5.43 Å². The van der Waals surface area contributed by atoms with Gasteiger partial charge in [0.15, 0.2) is 5.11 Å². The van der Waals surface area contributed by atoms with E-state index in [1.165, 1.54) is 11.8 Å². The first-order valence-electron chi connectivity index (χ1n) is 5.00. The highest BCUT2D eigenvalue weighted by atomic mass is 32.2. The highest BCUT2D eigenvalue weighted by molar-refractivity contribution is 8.07. The van der Waals surface area contributed by atoms with Crippen LogP contribution < -0.4 is 11.2 Å². The molecule has 1 aliphatic rings. The van der Waals surface area contributed by atoms with Gasteiger partial charge in [-0.05, 0) is 54.7 Å². The minimum absolute atomic E-state index is 0.148. The van der Waals surface area contributed by atoms with E-state index < -0.39 is 0 Å². The van der Waals surface area contributed by atoms with E-state index in [0.717, 1.165) is 29.7 Å². The minimum atomic E-state index is 0.148. The summed E-state index contributed by atoms with van der Waals surface area (Å²) >= 11 is 5.87. The number of nitrogens with one attached hydrogen (secondary N) is 1. The lowest BCUT2D eigenvalue weighted by Crippen LogP contribution is -2.24. The van der Waals surface area contributed by atoms with Crippen LogP contribution in [0.1, 0.15) is 26.2 Å². The fourth-order valence-electron chi connectivity index (χ4n) is 1.60. The van der Waals surface area contributed by atoms with Crippen molar-refractivity contribution in [1.82, 2.24) is 5.43 Å². The second kappa shape index (κ2) is 6.51. The molecule has 0 saturated heterocycles. The number of thiocyanates is 1. The van der Waals surface area contributed by atoms with Gasteiger partial charge in [-0.15, -0.1) is 0 Å². The van der Waals surface area contributed by atoms with Gasteiger partial charge in [0.1, 0.15) is 5.40 Å². The highest BCUT2D eigenvalue weighted by Gasteiger charge is 2.17. The van der Waals surface area contributed by atoms with E-state index in [4.69, 9.17) is 11.0 Å². The van der Waals surface area contributed by atoms with E-state index in [2.05, 4.69) is 35.1 Å². The number of nitrogens with two attached hydrogens (primary N) is 1. The molecule has 1 aliphatic carbocycles. The zero-order chi connectivity index (χ0) is 12.0. The first kappa shape index (κ1) is 13.0. The van der Waals surface area contributed by atoms with Crippen LogP contribution in [0.25, 0.3) is 0 Å². The maximum absolute atomic E-state index is 8.69. The molecule has 1 rings (SSSR count). The van der Waals surface area contributed by atoms with Gasteiger partial charge in [0.25, 0.3) is 0 Å². The monoisotopic (exact) mass is 254 g/mol. The third-order valence-corrected chi connectivity index (χ3v) is 3.25. The zero-order valence-electron chi connectivity index (χ0n) is 9.06. The molecule has 86 valence electrons. The lowest BCUT2D eigenvalue weighted by Gasteiger charge is -2.20. The number of hydrazone groups is 1. The van der Waals surface area contributed by atoms with E-state index in [9.17, 15) is 0 Å². The standard InChI is InChI=1S/C10H14N4S2/c1-7-2-3-9(16-6-11)8(4-7)5-13-14-10(12)15/h5,7H,2-4H2,1H3,(H3,12,14,15)/b13-5-/t7-/m0/s1. The smallest absolute Gasteiger partial charge is 0.184 e. The number of allylic oxidation sites excluding steroid dienone is 2. The Morgan fingerprint density at radius 3 is 3.19 bits per heavy atom. The summed E-state index contributed by atoms with van der Waals surface area (Å²) in [5.41, 5.74) is 8.89. The van der Waals surface area contributed by atoms with Crippen molar-refractivity contribution in [1.29, 1.82) is 5.26 Å². The molecule has 0 aromatic heterocycles. The van der Waals surface area contributed by atoms with Crippen LogP contribution in [0.4, 0.5) is 0 Å². The van der Waals surface area contributed by atoms with Gasteiger partial charge in [-0.2, -0.15) is 10.4 Å². The van der Waals surface area contributed by atoms with Crippen LogP contribution in [0.5, 0.6) is 0 Å². The average Bonchev–Trinajstić information content (AvgIpc) is 2.21. The zero-order valence-corrected chi connectivity index (χ0v) is 10.7. The highest BCUT2D eigenvalue weighted by Crippen LogP contribution is 2.34. The van der Waals surface area contributed by atoms with E-state index in [-0.39, 0.29) is 5.11 Å². The fourth-order valence-corrected chi connectivity index (χ4v) is 2.25. The van der Waals surface area contributed by atoms with Crippen molar-refractivity contribution in [2.45, 2.75) is 26.2 Å². The molecule has 0 heterocycles. The Kier molecular flexibility index (Phi) is 5.29. The fraction of sp³-hybridized carbons (Fsp3) is 0.500. The largest absolute Gasteiger partial charge is 0.375 e. The Labute approximate surface area is 105 Å². The first-order valence-corrected chi connectivity index (χ1v) is 6.22. The van der Waals surface area contributed by atoms with Gasteiger partial charge in [-0.1, -0.05) is 6.92 Å². The molecule has 0 aliphatic heterocycles. The van der Waals surface area contributed by atoms with E-state index in [1.807, 2.05) is 0 Å². The molecule has 0 bridgehead atoms. The molecule has 0 saturated carbocycles. The van der Waals surface area contributed by atoms with Crippen molar-refractivity contribution >= 4 is 35.3 Å². The van der Waals surface area contributed by atoms with Crippen LogP contribution in [0, 0.1) is 16.6 Å². The molecule has 6 heteroatoms. The number of thiocarbonyl (C=S) groups is 1. The van der Waals surface area contributed by atoms with Gasteiger partial charge in [-0.25, -0.2) is 0 Å². The van der Waals surface area contributed by atoms with Crippen LogP contribution in [0.3, 0.4) is 0 Å². The third kappa shape index (κ3) is 4.21. The molecule has 1 atom stereocenters. The van der Waals surface area contributed by atoms with Crippen LogP contribution in [-0.2, 0) is 0 Å². The van der Waals surface area contributed by atoms with Crippen molar-refractivity contribution < 1.29 is 0 Å². The van der Waals surface area contributed by atoms with Crippen molar-refractivity contribution in [2.75, 3.05) is 0 Å². The first-order chi connectivity index (χ1) is 7.63. The quantitative estimate of drug-likeness (QED) is 0.349. The second-order valence-corrected chi connectivity index (χ2v) is 5.04. The van der Waals surface area contributed by atoms with Crippen LogP contribution >= 0.6 is 24.0 Å². The van der Waals surface area contributed by atoms with E-state index >= 15 is 0 Å². The number of hydrogen-bond donors (Lipinski definition) is 2. The van der Waals surface area contributed by atoms with E-state index in [0.29, 0.717) is 5.92 Å². The van der Waals surface area contributed by atoms with Crippen LogP contribution in [0.2, 0.25) is 0 Å². The normalized spacial score (nSPS) is 20.9. The molecular weight excluding hydrogens is 240 g/mol. The lowest BCUT2D eigenvalue weighted by atomic mass is 9.91. The number of rotatable bonds is 3. The number of nitrogens with zero attached hydrogens (tertiary/aromatic N) is 2. The molecule has 0 radical (unpaired) electrons. The van der Waals surface area contributed by atoms with Crippen LogP contribution in [0.15, 0.2) is 15.6 Å². The number of hydrogen-bond acceptors (Lipinski definition) is 4. The maximum atomic E-state index is 8.69. The molecular formula is C10H14N4S2. The summed E-state index contributed by atoms with van der Waals surface area (Å²) in [6, 6.07) is 0. The van der Waals surface area contributed by atoms with Gasteiger partial charge in [0.05, 0.1) is 6.21 Å². The summed E-state index contributed by atoms with van der Waals surface area (Å²) in [5, 5.41) is 14.9. The second-order valence-electron chi connectivity index (χ2n) is 3.72. The van der Waals surface area contributed by atoms with E-state index in [1.54, 1.807) is 6.21 Å². The minimum Gasteiger partial charge on any atom is -0.375 e. The molecule has 4 nitrogen and oxygen atoms in total. The van der Waals surface area contributed by atoms with Gasteiger partial charge >= 0.3 is 0 Å². The Bertz CT molecular complexity index is 368. The summed E-state index contributed by atoms with van der Waals surface area (Å²) in [7, 11) is 0. The molecule has 0 spiro atoms. The van der Waals surface area contributed by atoms with Gasteiger partial charge in [0.2, 0.25) is 0 Å². The van der Waals surface area contributed by atoms with Gasteiger partial charge in [0, 0.05) is 4.91 Å². The Balaban J connectivity index is 2.73. The molecule has 0 fully saturated rings. The topological polar surface area (TPSA) is 74.2 Å². The summed E-state index contributed by atoms with van der Waals surface area (Å²) in [5.74, 6) is 0.634. The molecule has 0 amide bonds. The summed E-state index contributed by atoms with van der Waals surface area (Å²) in [6.07, 6.45) is 4.75. The summed E-state index contributed by atoms with van der Waals surface area (Å²) in [4.78, 5) is 1.11. The van der Waals surface area contributed by atoms with Crippen LogP contribution in [-0.4, -0.2) is 11.3 Å². The van der Waals surface area contributed by atoms with Crippen molar-refractivity contribution in [3.63, 3.8) is 0 Å². The molecule has 0 aromatic rings. The molecule has 3 N–H and O–H groups in total. The molecule has 0 aromatic carbocycles. The summed E-state index contributed by atoms with van der Waals surface area (Å²) in [6.45, 7) is 2.20. The maximum Gasteiger partial charge on any atom is 0.184 e. The van der Waals surface area contributed by atoms with Crippen molar-refractivity contribution in [3.05, 3.63) is 10.5 Å². The summed E-state index contributed by atoms with van der Waals surface area (Å²) < 4.78 is 0. The SMILES string of the molecule is C[C@H]1CCC(SC#N)=C(/C=N\NC(N)=S)C1. The number of thioether (sulfide) groups is 1. The average molecular weight is 254 g/mol. The lowest BCUT2D eigenvalue weighted by molar-refractivity contribution is 0.516. The third-order valence-electron chi connectivity index (χ3n) is 2.35. The molecule has 0 unspecified atom stereocenters. The number of nitriles is 1. The Morgan fingerprint density at radius 2 is 2.56 bits per heavy atom. The Hall–Kier alpha value is -1.06. The van der Waals surface area contributed by atoms with Crippen molar-refractivity contribution in [3.8, 4) is 5.40 Å². The Morgan fingerprint density at radius 1 is 1.81 bits per heavy atom. The van der Waals surface area contributed by atoms with Crippen molar-refractivity contribution in [2.24, 2.45) is 16.8 Å². The predicted octanol–water partition coefficient (Wildman–Crippen LogP) is 2.09. The molecule has 16 heavy (non-hydrogen) atoms. The predicted molar refractivity (Wildman–Crippen MR) is 71.7 cm³/mol.